The van der Waals surface area contributed by atoms with E-state index in [0.29, 0.717) is 21.7 Å². The van der Waals surface area contributed by atoms with Crippen molar-refractivity contribution in [1.82, 2.24) is 4.98 Å². The van der Waals surface area contributed by atoms with Crippen LogP contribution < -0.4 is 4.74 Å². The number of aromatic nitrogens is 1. The molecule has 0 aliphatic heterocycles. The average molecular weight is 240 g/mol. The second kappa shape index (κ2) is 4.51. The van der Waals surface area contributed by atoms with Crippen molar-refractivity contribution in [3.8, 4) is 11.6 Å². The summed E-state index contributed by atoms with van der Waals surface area (Å²) >= 11 is 11.7. The molecule has 0 bridgehead atoms. The van der Waals surface area contributed by atoms with Crippen molar-refractivity contribution < 1.29 is 4.74 Å². The van der Waals surface area contributed by atoms with Crippen LogP contribution in [0.4, 0.5) is 0 Å². The van der Waals surface area contributed by atoms with Crippen LogP contribution in [0.5, 0.6) is 11.6 Å². The van der Waals surface area contributed by atoms with Gasteiger partial charge >= 0.3 is 0 Å². The van der Waals surface area contributed by atoms with Crippen molar-refractivity contribution >= 4 is 23.2 Å². The van der Waals surface area contributed by atoms with Crippen LogP contribution in [-0.2, 0) is 0 Å². The van der Waals surface area contributed by atoms with Crippen molar-refractivity contribution in [1.29, 1.82) is 0 Å². The van der Waals surface area contributed by atoms with E-state index >= 15 is 0 Å². The lowest BCUT2D eigenvalue weighted by molar-refractivity contribution is 0.463. The van der Waals surface area contributed by atoms with E-state index < -0.39 is 0 Å². The molecule has 15 heavy (non-hydrogen) atoms. The highest BCUT2D eigenvalue weighted by Crippen LogP contribution is 2.27. The highest BCUT2D eigenvalue weighted by molar-refractivity contribution is 6.34. The van der Waals surface area contributed by atoms with Gasteiger partial charge in [0.1, 0.15) is 5.75 Å². The predicted molar refractivity (Wildman–Crippen MR) is 60.8 cm³/mol. The molecule has 1 heterocycles. The lowest BCUT2D eigenvalue weighted by Crippen LogP contribution is -1.86. The van der Waals surface area contributed by atoms with Gasteiger partial charge in [-0.15, -0.1) is 0 Å². The molecule has 0 aliphatic rings. The monoisotopic (exact) mass is 239 g/mol. The fourth-order valence-corrected chi connectivity index (χ4v) is 1.62. The third-order valence-corrected chi connectivity index (χ3v) is 2.13. The van der Waals surface area contributed by atoms with Gasteiger partial charge in [-0.25, -0.2) is 4.98 Å². The van der Waals surface area contributed by atoms with E-state index in [1.54, 1.807) is 30.5 Å². The number of halogens is 2. The molecule has 2 rings (SSSR count). The van der Waals surface area contributed by atoms with E-state index in [-0.39, 0.29) is 0 Å². The van der Waals surface area contributed by atoms with Gasteiger partial charge in [-0.1, -0.05) is 29.3 Å². The minimum Gasteiger partial charge on any atom is -0.439 e. The van der Waals surface area contributed by atoms with Crippen molar-refractivity contribution in [2.45, 2.75) is 0 Å². The fourth-order valence-electron chi connectivity index (χ4n) is 1.12. The van der Waals surface area contributed by atoms with E-state index in [9.17, 15) is 0 Å². The maximum absolute atomic E-state index is 5.83. The van der Waals surface area contributed by atoms with E-state index in [1.165, 1.54) is 0 Å². The molecule has 0 amide bonds. The third-order valence-electron chi connectivity index (χ3n) is 1.70. The van der Waals surface area contributed by atoms with Crippen LogP contribution in [0, 0.1) is 0 Å². The molecule has 2 nitrogen and oxygen atoms in total. The Morgan fingerprint density at radius 1 is 1.00 bits per heavy atom. The average Bonchev–Trinajstić information content (AvgIpc) is 2.17. The molecule has 0 fully saturated rings. The molecule has 1 aromatic carbocycles. The zero-order valence-electron chi connectivity index (χ0n) is 7.65. The summed E-state index contributed by atoms with van der Waals surface area (Å²) in [5.41, 5.74) is 0. The Hall–Kier alpha value is -1.25. The van der Waals surface area contributed by atoms with Crippen LogP contribution in [0.3, 0.4) is 0 Å². The van der Waals surface area contributed by atoms with Gasteiger partial charge in [0.2, 0.25) is 5.88 Å². The molecular formula is C11H7Cl2NO. The first-order valence-corrected chi connectivity index (χ1v) is 5.04. The Labute approximate surface area is 97.4 Å². The maximum Gasteiger partial charge on any atom is 0.219 e. The molecule has 0 spiro atoms. The molecule has 0 radical (unpaired) electrons. The van der Waals surface area contributed by atoms with Crippen LogP contribution in [0.25, 0.3) is 0 Å². The van der Waals surface area contributed by atoms with Gasteiger partial charge in [0.15, 0.2) is 0 Å². The molecule has 0 saturated carbocycles. The zero-order valence-corrected chi connectivity index (χ0v) is 9.16. The van der Waals surface area contributed by atoms with Gasteiger partial charge in [-0.2, -0.15) is 0 Å². The van der Waals surface area contributed by atoms with E-state index in [4.69, 9.17) is 27.9 Å². The van der Waals surface area contributed by atoms with Crippen molar-refractivity contribution in [2.24, 2.45) is 0 Å². The number of rotatable bonds is 2. The van der Waals surface area contributed by atoms with Crippen LogP contribution in [0.2, 0.25) is 10.0 Å². The topological polar surface area (TPSA) is 22.1 Å². The highest BCUT2D eigenvalue weighted by atomic mass is 35.5. The van der Waals surface area contributed by atoms with Crippen molar-refractivity contribution in [3.05, 3.63) is 52.6 Å². The quantitative estimate of drug-likeness (QED) is 0.785. The van der Waals surface area contributed by atoms with Crippen LogP contribution in [-0.4, -0.2) is 4.98 Å². The summed E-state index contributed by atoms with van der Waals surface area (Å²) in [5, 5.41) is 1.07. The lowest BCUT2D eigenvalue weighted by Gasteiger charge is -2.04. The van der Waals surface area contributed by atoms with Crippen molar-refractivity contribution in [3.63, 3.8) is 0 Å². The number of benzene rings is 1. The first kappa shape index (κ1) is 10.3. The van der Waals surface area contributed by atoms with Gasteiger partial charge in [0, 0.05) is 22.3 Å². The summed E-state index contributed by atoms with van der Waals surface area (Å²) in [4.78, 5) is 4.02. The summed E-state index contributed by atoms with van der Waals surface area (Å²) in [6.45, 7) is 0. The minimum absolute atomic E-state index is 0.510. The molecule has 1 aromatic heterocycles. The normalized spacial score (nSPS) is 10.0. The Balaban J connectivity index is 2.25. The summed E-state index contributed by atoms with van der Waals surface area (Å²) < 4.78 is 5.46. The van der Waals surface area contributed by atoms with E-state index in [1.807, 2.05) is 12.1 Å². The Morgan fingerprint density at radius 2 is 1.73 bits per heavy atom. The number of nitrogens with zero attached hydrogens (tertiary/aromatic N) is 1. The number of hydrogen-bond donors (Lipinski definition) is 0. The predicted octanol–water partition coefficient (Wildman–Crippen LogP) is 4.18. The Kier molecular flexibility index (Phi) is 3.09. The van der Waals surface area contributed by atoms with Crippen LogP contribution in [0.1, 0.15) is 0 Å². The first-order chi connectivity index (χ1) is 7.24. The molecular weight excluding hydrogens is 233 g/mol. The molecule has 0 saturated heterocycles. The van der Waals surface area contributed by atoms with Gasteiger partial charge in [0.25, 0.3) is 0 Å². The SMILES string of the molecule is Clc1cc(Cl)cc(Oc2ccccn2)c1. The molecule has 0 atom stereocenters. The largest absolute Gasteiger partial charge is 0.439 e. The Morgan fingerprint density at radius 3 is 2.33 bits per heavy atom. The van der Waals surface area contributed by atoms with Crippen LogP contribution in [0.15, 0.2) is 42.6 Å². The van der Waals surface area contributed by atoms with E-state index in [0.717, 1.165) is 0 Å². The molecule has 0 N–H and O–H groups in total. The number of ether oxygens (including phenoxy) is 1. The smallest absolute Gasteiger partial charge is 0.219 e. The number of hydrogen-bond acceptors (Lipinski definition) is 2. The second-order valence-corrected chi connectivity index (χ2v) is 3.75. The lowest BCUT2D eigenvalue weighted by atomic mass is 10.3. The summed E-state index contributed by atoms with van der Waals surface area (Å²) in [5.74, 6) is 1.09. The first-order valence-electron chi connectivity index (χ1n) is 4.29. The molecule has 76 valence electrons. The summed E-state index contributed by atoms with van der Waals surface area (Å²) in [6.07, 6.45) is 1.65. The Bertz CT molecular complexity index is 439. The van der Waals surface area contributed by atoms with Crippen LogP contribution >= 0.6 is 23.2 Å². The zero-order chi connectivity index (χ0) is 10.7. The minimum atomic E-state index is 0.510. The standard InChI is InChI=1S/C11H7Cl2NO/c12-8-5-9(13)7-10(6-8)15-11-3-1-2-4-14-11/h1-7H. The summed E-state index contributed by atoms with van der Waals surface area (Å²) in [7, 11) is 0. The van der Waals surface area contributed by atoms with Gasteiger partial charge in [-0.05, 0) is 24.3 Å². The van der Waals surface area contributed by atoms with Gasteiger partial charge in [-0.3, -0.25) is 0 Å². The molecule has 0 unspecified atom stereocenters. The maximum atomic E-state index is 5.83. The third kappa shape index (κ3) is 2.85. The molecule has 2 aromatic rings. The highest BCUT2D eigenvalue weighted by Gasteiger charge is 2.00. The molecule has 4 heteroatoms. The molecule has 0 aliphatic carbocycles. The van der Waals surface area contributed by atoms with Crippen molar-refractivity contribution in [2.75, 3.05) is 0 Å². The van der Waals surface area contributed by atoms with Gasteiger partial charge in [0.05, 0.1) is 0 Å². The summed E-state index contributed by atoms with van der Waals surface area (Å²) in [6, 6.07) is 10.4. The second-order valence-electron chi connectivity index (χ2n) is 2.88. The fraction of sp³-hybridized carbons (Fsp3) is 0. The van der Waals surface area contributed by atoms with E-state index in [2.05, 4.69) is 4.98 Å². The van der Waals surface area contributed by atoms with Gasteiger partial charge < -0.3 is 4.74 Å². The number of pyridine rings is 1.